The lowest BCUT2D eigenvalue weighted by atomic mass is 9.88. The minimum Gasteiger partial charge on any atom is -0.358 e. The van der Waals surface area contributed by atoms with Crippen LogP contribution in [0.5, 0.6) is 0 Å². The van der Waals surface area contributed by atoms with E-state index < -0.39 is 0 Å². The van der Waals surface area contributed by atoms with Crippen molar-refractivity contribution in [2.24, 2.45) is 17.8 Å². The topological polar surface area (TPSA) is 39.9 Å². The van der Waals surface area contributed by atoms with Crippen molar-refractivity contribution in [3.05, 3.63) is 22.9 Å². The molecule has 0 amide bonds. The summed E-state index contributed by atoms with van der Waals surface area (Å²) in [4.78, 5) is 7.08. The Balaban J connectivity index is 1.56. The fourth-order valence-corrected chi connectivity index (χ4v) is 4.87. The summed E-state index contributed by atoms with van der Waals surface area (Å²) in [5.74, 6) is 3.64. The van der Waals surface area contributed by atoms with E-state index in [0.29, 0.717) is 0 Å². The van der Waals surface area contributed by atoms with Crippen LogP contribution in [0.4, 0.5) is 5.82 Å². The summed E-state index contributed by atoms with van der Waals surface area (Å²) in [5.41, 5.74) is 3.29. The molecule has 110 valence electrons. The van der Waals surface area contributed by atoms with Gasteiger partial charge in [0, 0.05) is 19.3 Å². The molecule has 3 nitrogen and oxygen atoms in total. The van der Waals surface area contributed by atoms with Gasteiger partial charge in [0.1, 0.15) is 11.9 Å². The Morgan fingerprint density at radius 1 is 1.33 bits per heavy atom. The van der Waals surface area contributed by atoms with E-state index in [2.05, 4.69) is 24.1 Å². The molecule has 21 heavy (non-hydrogen) atoms. The van der Waals surface area contributed by atoms with Gasteiger partial charge in [-0.2, -0.15) is 5.26 Å². The van der Waals surface area contributed by atoms with E-state index in [1.165, 1.54) is 43.4 Å². The van der Waals surface area contributed by atoms with E-state index >= 15 is 0 Å². The van der Waals surface area contributed by atoms with Crippen molar-refractivity contribution >= 4 is 5.82 Å². The highest BCUT2D eigenvalue weighted by molar-refractivity contribution is 5.56. The van der Waals surface area contributed by atoms with Crippen molar-refractivity contribution in [3.8, 4) is 6.07 Å². The molecule has 0 saturated heterocycles. The Morgan fingerprint density at radius 2 is 2.24 bits per heavy atom. The summed E-state index contributed by atoms with van der Waals surface area (Å²) < 4.78 is 0. The number of nitriles is 1. The molecule has 0 aromatic carbocycles. The third-order valence-electron chi connectivity index (χ3n) is 5.91. The number of pyridine rings is 1. The lowest BCUT2D eigenvalue weighted by Gasteiger charge is -2.28. The lowest BCUT2D eigenvalue weighted by molar-refractivity contribution is 0.337. The summed E-state index contributed by atoms with van der Waals surface area (Å²) in [6, 6.07) is 4.45. The van der Waals surface area contributed by atoms with Gasteiger partial charge in [-0.25, -0.2) is 4.98 Å². The Labute approximate surface area is 127 Å². The van der Waals surface area contributed by atoms with E-state index in [1.807, 2.05) is 0 Å². The first-order valence-corrected chi connectivity index (χ1v) is 8.38. The summed E-state index contributed by atoms with van der Waals surface area (Å²) in [5, 5.41) is 9.45. The van der Waals surface area contributed by atoms with Crippen molar-refractivity contribution in [1.82, 2.24) is 4.98 Å². The first-order valence-electron chi connectivity index (χ1n) is 8.38. The molecule has 0 aliphatic heterocycles. The normalized spacial score (nSPS) is 29.4. The van der Waals surface area contributed by atoms with Gasteiger partial charge < -0.3 is 4.90 Å². The zero-order valence-electron chi connectivity index (χ0n) is 12.8. The van der Waals surface area contributed by atoms with Gasteiger partial charge in [-0.15, -0.1) is 0 Å². The summed E-state index contributed by atoms with van der Waals surface area (Å²) in [7, 11) is 2.12. The zero-order chi connectivity index (χ0) is 14.4. The average Bonchev–Trinajstić information content (AvgIpc) is 3.21. The van der Waals surface area contributed by atoms with Crippen LogP contribution in [0.25, 0.3) is 0 Å². The molecule has 3 heteroatoms. The third kappa shape index (κ3) is 2.21. The predicted octanol–water partition coefficient (Wildman–Crippen LogP) is 3.31. The molecule has 2 saturated carbocycles. The number of fused-ring (bicyclic) bond motifs is 3. The number of hydrogen-bond acceptors (Lipinski definition) is 3. The molecule has 0 N–H and O–H groups in total. The first-order chi connectivity index (χ1) is 10.2. The third-order valence-corrected chi connectivity index (χ3v) is 5.91. The van der Waals surface area contributed by atoms with Crippen LogP contribution in [0.15, 0.2) is 6.07 Å². The number of nitrogens with zero attached hydrogens (tertiary/aromatic N) is 3. The molecule has 3 aliphatic rings. The van der Waals surface area contributed by atoms with Crippen molar-refractivity contribution in [2.75, 3.05) is 18.5 Å². The largest absolute Gasteiger partial charge is 0.358 e. The molecule has 1 heterocycles. The van der Waals surface area contributed by atoms with Gasteiger partial charge in [-0.1, -0.05) is 6.42 Å². The fraction of sp³-hybridized carbons (Fsp3) is 0.667. The SMILES string of the molecule is CN(CC1CC2CCC1C2)c1nc2c(cc1C#N)CCC2. The van der Waals surface area contributed by atoms with Crippen LogP contribution in [-0.2, 0) is 12.8 Å². The maximum atomic E-state index is 9.45. The fourth-order valence-electron chi connectivity index (χ4n) is 4.87. The first kappa shape index (κ1) is 13.1. The van der Waals surface area contributed by atoms with Crippen LogP contribution in [0.2, 0.25) is 0 Å². The maximum absolute atomic E-state index is 9.45. The monoisotopic (exact) mass is 281 g/mol. The Bertz CT molecular complexity index is 601. The van der Waals surface area contributed by atoms with Crippen LogP contribution >= 0.6 is 0 Å². The smallest absolute Gasteiger partial charge is 0.146 e. The minimum absolute atomic E-state index is 0.765. The zero-order valence-corrected chi connectivity index (χ0v) is 12.8. The van der Waals surface area contributed by atoms with Gasteiger partial charge in [0.25, 0.3) is 0 Å². The van der Waals surface area contributed by atoms with E-state index in [0.717, 1.165) is 48.5 Å². The molecular formula is C18H23N3. The van der Waals surface area contributed by atoms with Crippen molar-refractivity contribution in [2.45, 2.75) is 44.9 Å². The van der Waals surface area contributed by atoms with E-state index in [1.54, 1.807) is 0 Å². The van der Waals surface area contributed by atoms with Gasteiger partial charge in [0.05, 0.1) is 5.56 Å². The molecule has 3 atom stereocenters. The van der Waals surface area contributed by atoms with Crippen LogP contribution in [0, 0.1) is 29.1 Å². The number of aromatic nitrogens is 1. The Hall–Kier alpha value is -1.56. The van der Waals surface area contributed by atoms with Gasteiger partial charge >= 0.3 is 0 Å². The molecule has 3 aliphatic carbocycles. The highest BCUT2D eigenvalue weighted by atomic mass is 15.2. The molecule has 0 spiro atoms. The molecule has 3 unspecified atom stereocenters. The highest BCUT2D eigenvalue weighted by Gasteiger charge is 2.39. The number of aryl methyl sites for hydroxylation is 2. The van der Waals surface area contributed by atoms with Crippen LogP contribution < -0.4 is 4.90 Å². The predicted molar refractivity (Wildman–Crippen MR) is 83.2 cm³/mol. The summed E-state index contributed by atoms with van der Waals surface area (Å²) in [6.07, 6.45) is 9.07. The Morgan fingerprint density at radius 3 is 2.95 bits per heavy atom. The Kier molecular flexibility index (Phi) is 3.14. The number of hydrogen-bond donors (Lipinski definition) is 0. The van der Waals surface area contributed by atoms with Crippen molar-refractivity contribution in [1.29, 1.82) is 5.26 Å². The molecular weight excluding hydrogens is 258 g/mol. The van der Waals surface area contributed by atoms with Crippen molar-refractivity contribution < 1.29 is 0 Å². The molecule has 2 fully saturated rings. The molecule has 1 aromatic heterocycles. The van der Waals surface area contributed by atoms with E-state index in [9.17, 15) is 5.26 Å². The average molecular weight is 281 g/mol. The second kappa shape index (κ2) is 5.02. The summed E-state index contributed by atoms with van der Waals surface area (Å²) in [6.45, 7) is 1.07. The quantitative estimate of drug-likeness (QED) is 0.853. The van der Waals surface area contributed by atoms with Gasteiger partial charge in [0.2, 0.25) is 0 Å². The van der Waals surface area contributed by atoms with Crippen molar-refractivity contribution in [3.63, 3.8) is 0 Å². The van der Waals surface area contributed by atoms with Crippen LogP contribution in [0.3, 0.4) is 0 Å². The molecule has 2 bridgehead atoms. The van der Waals surface area contributed by atoms with Gasteiger partial charge in [-0.3, -0.25) is 0 Å². The van der Waals surface area contributed by atoms with Crippen LogP contribution in [-0.4, -0.2) is 18.6 Å². The number of anilines is 1. The van der Waals surface area contributed by atoms with E-state index in [-0.39, 0.29) is 0 Å². The van der Waals surface area contributed by atoms with Gasteiger partial charge in [-0.05, 0) is 67.9 Å². The molecule has 4 rings (SSSR count). The second-order valence-electron chi connectivity index (χ2n) is 7.25. The summed E-state index contributed by atoms with van der Waals surface area (Å²) >= 11 is 0. The molecule has 1 aromatic rings. The maximum Gasteiger partial charge on any atom is 0.146 e. The van der Waals surface area contributed by atoms with Crippen LogP contribution in [0.1, 0.15) is 48.9 Å². The van der Waals surface area contributed by atoms with Gasteiger partial charge in [0.15, 0.2) is 0 Å². The standard InChI is InChI=1S/C18H23N3/c1-21(11-16-8-12-5-6-13(16)7-12)18-15(10-19)9-14-3-2-4-17(14)20-18/h9,12-13,16H,2-8,11H2,1H3. The number of rotatable bonds is 3. The minimum atomic E-state index is 0.765. The second-order valence-corrected chi connectivity index (χ2v) is 7.25. The molecule has 0 radical (unpaired) electrons. The van der Waals surface area contributed by atoms with E-state index in [4.69, 9.17) is 4.98 Å². The highest BCUT2D eigenvalue weighted by Crippen LogP contribution is 2.48. The lowest BCUT2D eigenvalue weighted by Crippen LogP contribution is -2.30.